The summed E-state index contributed by atoms with van der Waals surface area (Å²) in [5.41, 5.74) is 11.6. The van der Waals surface area contributed by atoms with Crippen LogP contribution in [0.4, 0.5) is 0 Å². The van der Waals surface area contributed by atoms with Gasteiger partial charge in [-0.25, -0.2) is 0 Å². The molecule has 0 aliphatic heterocycles. The van der Waals surface area contributed by atoms with Gasteiger partial charge in [-0.3, -0.25) is 10.8 Å². The van der Waals surface area contributed by atoms with Gasteiger partial charge in [0, 0.05) is 44.0 Å². The van der Waals surface area contributed by atoms with Gasteiger partial charge in [-0.15, -0.1) is 0 Å². The van der Waals surface area contributed by atoms with E-state index in [1.807, 2.05) is 42.5 Å². The van der Waals surface area contributed by atoms with Crippen LogP contribution in [0.15, 0.2) is 164 Å². The van der Waals surface area contributed by atoms with E-state index in [0.29, 0.717) is 11.1 Å². The number of hydrogen-bond acceptors (Lipinski definition) is 3. The van der Waals surface area contributed by atoms with Crippen LogP contribution in [0, 0.1) is 17.7 Å². The second-order valence-electron chi connectivity index (χ2n) is 12.7. The van der Waals surface area contributed by atoms with Gasteiger partial charge in [-0.05, 0) is 103 Å². The number of aromatic nitrogens is 2. The van der Waals surface area contributed by atoms with Gasteiger partial charge in [0.15, 0.2) is 0 Å². The van der Waals surface area contributed by atoms with E-state index in [4.69, 9.17) is 15.6 Å². The van der Waals surface area contributed by atoms with Crippen LogP contribution in [-0.2, 0) is 4.74 Å². The topological polar surface area (TPSA) is 66.8 Å². The number of hydrogen-bond donors (Lipinski definition) is 2. The molecule has 9 rings (SSSR count). The fraction of sp³-hybridized carbons (Fsp3) is 0.0222. The van der Waals surface area contributed by atoms with Crippen LogP contribution in [0.2, 0.25) is 0 Å². The third-order valence-electron chi connectivity index (χ3n) is 9.60. The van der Waals surface area contributed by atoms with Crippen molar-refractivity contribution in [1.29, 1.82) is 10.8 Å². The minimum absolute atomic E-state index is 0.0472. The van der Waals surface area contributed by atoms with E-state index in [1.165, 1.54) is 43.7 Å². The summed E-state index contributed by atoms with van der Waals surface area (Å²) in [6, 6.07) is 56.4. The normalized spacial score (nSPS) is 11.5. The van der Waals surface area contributed by atoms with E-state index in [9.17, 15) is 0 Å². The Bertz CT molecular complexity index is 2750. The van der Waals surface area contributed by atoms with Crippen molar-refractivity contribution in [3.05, 3.63) is 180 Å². The van der Waals surface area contributed by atoms with Gasteiger partial charge in [-0.1, -0.05) is 84.4 Å². The quantitative estimate of drug-likeness (QED) is 0.142. The lowest BCUT2D eigenvalue weighted by molar-refractivity contribution is 0.538. The molecule has 2 N–H and O–H groups in total. The molecule has 0 saturated carbocycles. The summed E-state index contributed by atoms with van der Waals surface area (Å²) in [5, 5.41) is 21.6. The molecule has 0 aliphatic carbocycles. The lowest BCUT2D eigenvalue weighted by Crippen LogP contribution is -2.12. The van der Waals surface area contributed by atoms with Crippen LogP contribution in [0.25, 0.3) is 66.1 Å². The largest absolute Gasteiger partial charge is 0.421 e. The third kappa shape index (κ3) is 4.87. The summed E-state index contributed by atoms with van der Waals surface area (Å²) < 4.78 is 10.2. The zero-order valence-corrected chi connectivity index (χ0v) is 27.4. The average molecular weight is 645 g/mol. The van der Waals surface area contributed by atoms with Crippen molar-refractivity contribution >= 4 is 55.4 Å². The molecule has 2 aromatic heterocycles. The summed E-state index contributed by atoms with van der Waals surface area (Å²) in [4.78, 5) is 0. The van der Waals surface area contributed by atoms with Crippen LogP contribution in [0.1, 0.15) is 16.7 Å². The first-order valence-corrected chi connectivity index (χ1v) is 16.7. The molecule has 5 nitrogen and oxygen atoms in total. The molecule has 2 heterocycles. The molecule has 0 bridgehead atoms. The Kier molecular flexibility index (Phi) is 6.92. The summed E-state index contributed by atoms with van der Waals surface area (Å²) in [5.74, 6) is -0.106. The lowest BCUT2D eigenvalue weighted by Gasteiger charge is -2.11. The first kappa shape index (κ1) is 29.4. The van der Waals surface area contributed by atoms with Crippen LogP contribution < -0.4 is 0 Å². The molecule has 238 valence electrons. The average Bonchev–Trinajstić information content (AvgIpc) is 3.68. The molecule has 0 aliphatic rings. The van der Waals surface area contributed by atoms with Crippen molar-refractivity contribution in [2.75, 3.05) is 0 Å². The Balaban J connectivity index is 1.10. The van der Waals surface area contributed by atoms with E-state index >= 15 is 0 Å². The van der Waals surface area contributed by atoms with Gasteiger partial charge in [0.05, 0.1) is 22.1 Å². The molecule has 0 unspecified atom stereocenters. The van der Waals surface area contributed by atoms with Crippen LogP contribution in [0.3, 0.4) is 0 Å². The third-order valence-corrected chi connectivity index (χ3v) is 9.60. The Morgan fingerprint density at radius 3 is 1.36 bits per heavy atom. The number of aryl methyl sites for hydroxylation is 1. The number of nitrogens with one attached hydrogen (secondary N) is 2. The van der Waals surface area contributed by atoms with Crippen molar-refractivity contribution in [2.45, 2.75) is 6.92 Å². The predicted octanol–water partition coefficient (Wildman–Crippen LogP) is 11.2. The van der Waals surface area contributed by atoms with E-state index in [1.54, 1.807) is 12.1 Å². The SMILES string of the molecule is Cc1ccc(-n2c3ccccc3c3cc(-c4ccc5c(c4)c4ccccc4n5-c4ccc(C(=N)OC(=N)c5ccccc5)cc4)ccc32)cc1. The van der Waals surface area contributed by atoms with Crippen molar-refractivity contribution in [2.24, 2.45) is 0 Å². The van der Waals surface area contributed by atoms with Crippen molar-refractivity contribution in [1.82, 2.24) is 9.13 Å². The van der Waals surface area contributed by atoms with Gasteiger partial charge >= 0.3 is 0 Å². The number of rotatable bonds is 5. The molecule has 0 spiro atoms. The van der Waals surface area contributed by atoms with Gasteiger partial charge in [0.2, 0.25) is 11.8 Å². The molecule has 0 saturated heterocycles. The number of ether oxygens (including phenoxy) is 1. The highest BCUT2D eigenvalue weighted by Crippen LogP contribution is 2.38. The van der Waals surface area contributed by atoms with Gasteiger partial charge in [0.1, 0.15) is 0 Å². The van der Waals surface area contributed by atoms with Crippen LogP contribution in [-0.4, -0.2) is 20.9 Å². The Hall–Kier alpha value is -6.72. The van der Waals surface area contributed by atoms with Gasteiger partial charge < -0.3 is 13.9 Å². The fourth-order valence-corrected chi connectivity index (χ4v) is 7.13. The zero-order valence-electron chi connectivity index (χ0n) is 27.4. The number of nitrogens with zero attached hydrogens (tertiary/aromatic N) is 2. The number of para-hydroxylation sites is 2. The Labute approximate surface area is 289 Å². The van der Waals surface area contributed by atoms with Crippen LogP contribution >= 0.6 is 0 Å². The summed E-state index contributed by atoms with van der Waals surface area (Å²) in [6.07, 6.45) is 0. The maximum Gasteiger partial charge on any atom is 0.221 e. The molecule has 50 heavy (non-hydrogen) atoms. The molecule has 0 fully saturated rings. The zero-order chi connectivity index (χ0) is 33.8. The van der Waals surface area contributed by atoms with Crippen LogP contribution in [0.5, 0.6) is 0 Å². The second-order valence-corrected chi connectivity index (χ2v) is 12.7. The summed E-state index contributed by atoms with van der Waals surface area (Å²) in [7, 11) is 0. The molecule has 0 radical (unpaired) electrons. The number of benzene rings is 7. The van der Waals surface area contributed by atoms with Crippen molar-refractivity contribution in [3.8, 4) is 22.5 Å². The van der Waals surface area contributed by atoms with E-state index < -0.39 is 0 Å². The molecule has 5 heteroatoms. The minimum Gasteiger partial charge on any atom is -0.421 e. The minimum atomic E-state index is -0.0591. The standard InChI is InChI=1S/C45H32N4O/c1-29-15-21-34(22-16-29)48-40-13-7-5-11-36(40)38-27-32(19-25-42(38)48)33-20-26-43-39(28-33)37-12-6-8-14-41(37)49(43)35-23-17-31(18-24-35)45(47)50-44(46)30-9-3-2-4-10-30/h2-28,46-47H,1H3. The first-order valence-electron chi connectivity index (χ1n) is 16.7. The molecular formula is C45H32N4O. The van der Waals surface area contributed by atoms with E-state index in [2.05, 4.69) is 125 Å². The van der Waals surface area contributed by atoms with Crippen molar-refractivity contribution in [3.63, 3.8) is 0 Å². The highest BCUT2D eigenvalue weighted by atomic mass is 16.5. The molecule has 0 atom stereocenters. The maximum absolute atomic E-state index is 8.50. The van der Waals surface area contributed by atoms with Crippen molar-refractivity contribution < 1.29 is 4.74 Å². The Morgan fingerprint density at radius 1 is 0.420 bits per heavy atom. The monoisotopic (exact) mass is 644 g/mol. The summed E-state index contributed by atoms with van der Waals surface area (Å²) >= 11 is 0. The van der Waals surface area contributed by atoms with E-state index in [-0.39, 0.29) is 11.8 Å². The molecular weight excluding hydrogens is 613 g/mol. The highest BCUT2D eigenvalue weighted by Gasteiger charge is 2.17. The molecule has 7 aromatic carbocycles. The fourth-order valence-electron chi connectivity index (χ4n) is 7.13. The highest BCUT2D eigenvalue weighted by molar-refractivity contribution is 6.13. The lowest BCUT2D eigenvalue weighted by atomic mass is 10.0. The number of fused-ring (bicyclic) bond motifs is 6. The van der Waals surface area contributed by atoms with Gasteiger partial charge in [-0.2, -0.15) is 0 Å². The smallest absolute Gasteiger partial charge is 0.221 e. The predicted molar refractivity (Wildman–Crippen MR) is 206 cm³/mol. The maximum atomic E-state index is 8.50. The summed E-state index contributed by atoms with van der Waals surface area (Å²) in [6.45, 7) is 2.12. The Morgan fingerprint density at radius 2 is 0.840 bits per heavy atom. The molecule has 9 aromatic rings. The van der Waals surface area contributed by atoms with E-state index in [0.717, 1.165) is 28.0 Å². The molecule has 0 amide bonds. The second kappa shape index (κ2) is 11.8. The first-order chi connectivity index (χ1) is 24.5. The van der Waals surface area contributed by atoms with Gasteiger partial charge in [0.25, 0.3) is 0 Å².